The molecule has 2 rings (SSSR count). The van der Waals surface area contributed by atoms with Crippen molar-refractivity contribution >= 4 is 6.03 Å². The first kappa shape index (κ1) is 13.6. The van der Waals surface area contributed by atoms with Gasteiger partial charge in [0.25, 0.3) is 0 Å². The molecule has 0 spiro atoms. The van der Waals surface area contributed by atoms with Crippen molar-refractivity contribution in [3.8, 4) is 0 Å². The van der Waals surface area contributed by atoms with Gasteiger partial charge in [0.05, 0.1) is 18.8 Å². The lowest BCUT2D eigenvalue weighted by Crippen LogP contribution is -2.41. The molecule has 0 aromatic heterocycles. The van der Waals surface area contributed by atoms with Crippen LogP contribution in [0.25, 0.3) is 0 Å². The van der Waals surface area contributed by atoms with Gasteiger partial charge in [-0.2, -0.15) is 0 Å². The number of rotatable bonds is 5. The number of nitrogens with one attached hydrogen (secondary N) is 1. The SMILES string of the molecule is CCCC1CN(CCC2CNCCO2)C(=O)N1C. The van der Waals surface area contributed by atoms with Gasteiger partial charge in [0, 0.05) is 33.2 Å². The summed E-state index contributed by atoms with van der Waals surface area (Å²) in [5, 5.41) is 3.32. The smallest absolute Gasteiger partial charge is 0.320 e. The number of nitrogens with zero attached hydrogens (tertiary/aromatic N) is 2. The average Bonchev–Trinajstić information content (AvgIpc) is 2.66. The van der Waals surface area contributed by atoms with Gasteiger partial charge in [0.15, 0.2) is 0 Å². The van der Waals surface area contributed by atoms with Crippen LogP contribution < -0.4 is 5.32 Å². The Morgan fingerprint density at radius 2 is 2.28 bits per heavy atom. The predicted molar refractivity (Wildman–Crippen MR) is 70.7 cm³/mol. The summed E-state index contributed by atoms with van der Waals surface area (Å²) in [6, 6.07) is 0.574. The molecule has 2 aliphatic heterocycles. The Balaban J connectivity index is 1.77. The number of morpholine rings is 1. The molecule has 5 heteroatoms. The molecule has 0 aromatic carbocycles. The monoisotopic (exact) mass is 255 g/mol. The number of likely N-dealkylation sites (N-methyl/N-ethyl adjacent to an activating group) is 1. The van der Waals surface area contributed by atoms with E-state index in [2.05, 4.69) is 12.2 Å². The van der Waals surface area contributed by atoms with Gasteiger partial charge < -0.3 is 19.9 Å². The van der Waals surface area contributed by atoms with E-state index in [1.165, 1.54) is 0 Å². The van der Waals surface area contributed by atoms with Crippen LogP contribution in [0.5, 0.6) is 0 Å². The largest absolute Gasteiger partial charge is 0.376 e. The summed E-state index contributed by atoms with van der Waals surface area (Å²) in [5.74, 6) is 0. The summed E-state index contributed by atoms with van der Waals surface area (Å²) in [7, 11) is 1.92. The second-order valence-corrected chi connectivity index (χ2v) is 5.27. The number of amides is 2. The molecular formula is C13H25N3O2. The topological polar surface area (TPSA) is 44.8 Å². The first-order valence-corrected chi connectivity index (χ1v) is 7.06. The van der Waals surface area contributed by atoms with Gasteiger partial charge >= 0.3 is 6.03 Å². The zero-order valence-corrected chi connectivity index (χ0v) is 11.5. The van der Waals surface area contributed by atoms with Crippen molar-refractivity contribution < 1.29 is 9.53 Å². The Bertz CT molecular complexity index is 279. The van der Waals surface area contributed by atoms with E-state index >= 15 is 0 Å². The van der Waals surface area contributed by atoms with Crippen LogP contribution in [0.4, 0.5) is 4.79 Å². The van der Waals surface area contributed by atoms with Crippen LogP contribution >= 0.6 is 0 Å². The Kier molecular flexibility index (Phi) is 4.83. The molecule has 2 aliphatic rings. The summed E-state index contributed by atoms with van der Waals surface area (Å²) >= 11 is 0. The molecule has 2 heterocycles. The second kappa shape index (κ2) is 6.38. The molecule has 18 heavy (non-hydrogen) atoms. The molecule has 0 radical (unpaired) electrons. The number of hydrogen-bond acceptors (Lipinski definition) is 3. The van der Waals surface area contributed by atoms with E-state index in [1.54, 1.807) is 0 Å². The fourth-order valence-corrected chi connectivity index (χ4v) is 2.74. The van der Waals surface area contributed by atoms with Gasteiger partial charge in [0.2, 0.25) is 0 Å². The molecule has 2 amide bonds. The minimum atomic E-state index is 0.178. The molecule has 0 aromatic rings. The van der Waals surface area contributed by atoms with Crippen LogP contribution in [0.1, 0.15) is 26.2 Å². The van der Waals surface area contributed by atoms with E-state index in [0.29, 0.717) is 6.04 Å². The number of carbonyl (C=O) groups excluding carboxylic acids is 1. The van der Waals surface area contributed by atoms with Crippen LogP contribution in [0, 0.1) is 0 Å². The molecular weight excluding hydrogens is 230 g/mol. The van der Waals surface area contributed by atoms with Gasteiger partial charge in [0.1, 0.15) is 0 Å². The van der Waals surface area contributed by atoms with Crippen molar-refractivity contribution in [3.05, 3.63) is 0 Å². The van der Waals surface area contributed by atoms with Crippen molar-refractivity contribution in [2.24, 2.45) is 0 Å². The second-order valence-electron chi connectivity index (χ2n) is 5.27. The molecule has 104 valence electrons. The minimum Gasteiger partial charge on any atom is -0.376 e. The zero-order valence-electron chi connectivity index (χ0n) is 11.5. The Morgan fingerprint density at radius 1 is 1.44 bits per heavy atom. The molecule has 1 N–H and O–H groups in total. The minimum absolute atomic E-state index is 0.178. The summed E-state index contributed by atoms with van der Waals surface area (Å²) in [5.41, 5.74) is 0. The maximum absolute atomic E-state index is 12.1. The molecule has 5 nitrogen and oxygen atoms in total. The maximum atomic E-state index is 12.1. The van der Waals surface area contributed by atoms with Gasteiger partial charge in [-0.05, 0) is 12.8 Å². The van der Waals surface area contributed by atoms with E-state index in [0.717, 1.165) is 52.0 Å². The normalized spacial score (nSPS) is 29.1. The van der Waals surface area contributed by atoms with Gasteiger partial charge in [-0.15, -0.1) is 0 Å². The molecule has 2 saturated heterocycles. The van der Waals surface area contributed by atoms with Crippen LogP contribution in [0.2, 0.25) is 0 Å². The average molecular weight is 255 g/mol. The molecule has 2 fully saturated rings. The zero-order chi connectivity index (χ0) is 13.0. The summed E-state index contributed by atoms with van der Waals surface area (Å²) < 4.78 is 5.66. The molecule has 0 aliphatic carbocycles. The highest BCUT2D eigenvalue weighted by Crippen LogP contribution is 2.18. The number of carbonyl (C=O) groups is 1. The highest BCUT2D eigenvalue weighted by molar-refractivity contribution is 5.76. The van der Waals surface area contributed by atoms with Crippen LogP contribution in [-0.2, 0) is 4.74 Å². The highest BCUT2D eigenvalue weighted by atomic mass is 16.5. The van der Waals surface area contributed by atoms with E-state index < -0.39 is 0 Å². The van der Waals surface area contributed by atoms with Crippen molar-refractivity contribution in [3.63, 3.8) is 0 Å². The Hall–Kier alpha value is -0.810. The lowest BCUT2D eigenvalue weighted by atomic mass is 10.1. The molecule has 2 atom stereocenters. The van der Waals surface area contributed by atoms with Crippen molar-refractivity contribution in [2.45, 2.75) is 38.3 Å². The lowest BCUT2D eigenvalue weighted by molar-refractivity contribution is 0.0200. The fraction of sp³-hybridized carbons (Fsp3) is 0.923. The lowest BCUT2D eigenvalue weighted by Gasteiger charge is -2.25. The third-order valence-electron chi connectivity index (χ3n) is 3.90. The first-order valence-electron chi connectivity index (χ1n) is 7.06. The quantitative estimate of drug-likeness (QED) is 0.794. The van der Waals surface area contributed by atoms with Gasteiger partial charge in [-0.1, -0.05) is 13.3 Å². The van der Waals surface area contributed by atoms with E-state index in [-0.39, 0.29) is 12.1 Å². The first-order chi connectivity index (χ1) is 8.72. The van der Waals surface area contributed by atoms with E-state index in [1.807, 2.05) is 16.8 Å². The van der Waals surface area contributed by atoms with Gasteiger partial charge in [-0.25, -0.2) is 4.79 Å². The van der Waals surface area contributed by atoms with Crippen LogP contribution in [-0.4, -0.2) is 67.8 Å². The third-order valence-corrected chi connectivity index (χ3v) is 3.90. The number of urea groups is 1. The summed E-state index contributed by atoms with van der Waals surface area (Å²) in [4.78, 5) is 15.9. The van der Waals surface area contributed by atoms with Gasteiger partial charge in [-0.3, -0.25) is 0 Å². The van der Waals surface area contributed by atoms with E-state index in [4.69, 9.17) is 4.74 Å². The Morgan fingerprint density at radius 3 is 2.94 bits per heavy atom. The van der Waals surface area contributed by atoms with E-state index in [9.17, 15) is 4.79 Å². The fourth-order valence-electron chi connectivity index (χ4n) is 2.74. The number of ether oxygens (including phenoxy) is 1. The number of hydrogen-bond donors (Lipinski definition) is 1. The summed E-state index contributed by atoms with van der Waals surface area (Å²) in [6.45, 7) is 6.51. The van der Waals surface area contributed by atoms with Crippen molar-refractivity contribution in [1.82, 2.24) is 15.1 Å². The molecule has 0 bridgehead atoms. The molecule has 0 saturated carbocycles. The maximum Gasteiger partial charge on any atom is 0.320 e. The van der Waals surface area contributed by atoms with Crippen molar-refractivity contribution in [1.29, 1.82) is 0 Å². The summed E-state index contributed by atoms with van der Waals surface area (Å²) in [6.07, 6.45) is 3.43. The highest BCUT2D eigenvalue weighted by Gasteiger charge is 2.33. The standard InChI is InChI=1S/C13H25N3O2/c1-3-4-11-10-16(13(17)15(11)2)7-5-12-9-14-6-8-18-12/h11-12,14H,3-10H2,1-2H3. The van der Waals surface area contributed by atoms with Crippen LogP contribution in [0.15, 0.2) is 0 Å². The predicted octanol–water partition coefficient (Wildman–Crippen LogP) is 0.901. The van der Waals surface area contributed by atoms with Crippen molar-refractivity contribution in [2.75, 3.05) is 39.8 Å². The Labute approximate surface area is 109 Å². The molecule has 2 unspecified atom stereocenters. The van der Waals surface area contributed by atoms with Crippen LogP contribution in [0.3, 0.4) is 0 Å². The third kappa shape index (κ3) is 3.14.